The first-order chi connectivity index (χ1) is 31.5. The van der Waals surface area contributed by atoms with Crippen LogP contribution in [-0.2, 0) is 47.6 Å². The molecule has 0 aliphatic carbocycles. The van der Waals surface area contributed by atoms with Gasteiger partial charge >= 0.3 is 23.9 Å². The van der Waals surface area contributed by atoms with E-state index in [1.807, 2.05) is 0 Å². The summed E-state index contributed by atoms with van der Waals surface area (Å²) in [7, 11) is 0. The van der Waals surface area contributed by atoms with Gasteiger partial charge in [0.25, 0.3) is 11.4 Å². The smallest absolute Gasteiger partial charge is 0.347 e. The van der Waals surface area contributed by atoms with Gasteiger partial charge in [0.05, 0.1) is 36.3 Å². The minimum atomic E-state index is -0.936. The van der Waals surface area contributed by atoms with Gasteiger partial charge in [-0.05, 0) is 100 Å². The van der Waals surface area contributed by atoms with Crippen molar-refractivity contribution in [2.24, 2.45) is 0 Å². The van der Waals surface area contributed by atoms with Crippen molar-refractivity contribution in [3.63, 3.8) is 0 Å². The van der Waals surface area contributed by atoms with E-state index in [1.54, 1.807) is 62.4 Å². The molecule has 0 amide bonds. The minimum Gasteiger partial charge on any atom is -0.479 e. The predicted molar refractivity (Wildman–Crippen MR) is 234 cm³/mol. The minimum absolute atomic E-state index is 0.0544. The maximum atomic E-state index is 12.0. The van der Waals surface area contributed by atoms with Gasteiger partial charge in [0.15, 0.2) is 24.4 Å². The van der Waals surface area contributed by atoms with Crippen molar-refractivity contribution in [3.8, 4) is 23.0 Å². The predicted octanol–water partition coefficient (Wildman–Crippen LogP) is 5.03. The highest BCUT2D eigenvalue weighted by atomic mass is 16.6. The zero-order valence-electron chi connectivity index (χ0n) is 36.6. The molecule has 4 N–H and O–H groups in total. The van der Waals surface area contributed by atoms with Crippen LogP contribution >= 0.6 is 0 Å². The largest absolute Gasteiger partial charge is 0.479 e. The Morgan fingerprint density at radius 2 is 0.621 bits per heavy atom. The standard InChI is InChI=1S/C22H24N2O11.C22H28N2O7/c1-15(34-19-7-3-17(4-8-19)23(27)28)21(25)32-13-11-31-12-14-33-22(26)16(2)35-20-9-5-18(6-10-20)24(29)30;1-15(30-19-7-3-17(23)4-8-19)21(25)28-13-11-27-12-14-29-22(26)16(2)31-20-9-5-18(24)6-10-20/h3-10,15-16H,11-14H2,1-2H3;3-10,15-16H,11-14,23-24H2,1-2H3. The van der Waals surface area contributed by atoms with Crippen molar-refractivity contribution in [3.05, 3.63) is 117 Å². The van der Waals surface area contributed by atoms with Crippen LogP contribution in [0, 0.1) is 20.2 Å². The summed E-state index contributed by atoms with van der Waals surface area (Å²) in [6.45, 7) is 6.57. The lowest BCUT2D eigenvalue weighted by Crippen LogP contribution is -2.28. The van der Waals surface area contributed by atoms with Crippen LogP contribution in [-0.4, -0.2) is 111 Å². The van der Waals surface area contributed by atoms with E-state index in [0.717, 1.165) is 0 Å². The Morgan fingerprint density at radius 1 is 0.409 bits per heavy atom. The Balaban J connectivity index is 0.000000353. The number of non-ortho nitro benzene ring substituents is 2. The third-order valence-corrected chi connectivity index (χ3v) is 8.32. The van der Waals surface area contributed by atoms with E-state index in [2.05, 4.69) is 0 Å². The second-order valence-electron chi connectivity index (χ2n) is 13.6. The van der Waals surface area contributed by atoms with Gasteiger partial charge in [-0.3, -0.25) is 20.2 Å². The van der Waals surface area contributed by atoms with Crippen molar-refractivity contribution < 1.29 is 76.4 Å². The van der Waals surface area contributed by atoms with Gasteiger partial charge in [0.1, 0.15) is 49.4 Å². The molecule has 356 valence electrons. The molecule has 0 radical (unpaired) electrons. The topological polar surface area (TPSA) is 299 Å². The second kappa shape index (κ2) is 28.2. The molecule has 4 aromatic rings. The van der Waals surface area contributed by atoms with Gasteiger partial charge in [-0.2, -0.15) is 0 Å². The number of nitrogen functional groups attached to an aromatic ring is 2. The van der Waals surface area contributed by atoms with Crippen LogP contribution in [0.3, 0.4) is 0 Å². The summed E-state index contributed by atoms with van der Waals surface area (Å²) in [5.74, 6) is -0.709. The number of carbonyl (C=O) groups is 4. The Labute approximate surface area is 379 Å². The van der Waals surface area contributed by atoms with Crippen molar-refractivity contribution >= 4 is 46.6 Å². The number of hydrogen-bond acceptors (Lipinski definition) is 20. The summed E-state index contributed by atoms with van der Waals surface area (Å²) in [5.41, 5.74) is 12.2. The molecule has 4 atom stereocenters. The number of nitrogens with two attached hydrogens (primary N) is 2. The van der Waals surface area contributed by atoms with E-state index in [1.165, 1.54) is 62.4 Å². The number of anilines is 2. The number of nitro groups is 2. The first kappa shape index (κ1) is 52.6. The molecular weight excluding hydrogens is 872 g/mol. The number of esters is 4. The third-order valence-electron chi connectivity index (χ3n) is 8.32. The fourth-order valence-corrected chi connectivity index (χ4v) is 4.87. The van der Waals surface area contributed by atoms with Crippen LogP contribution in [0.4, 0.5) is 22.7 Å². The summed E-state index contributed by atoms with van der Waals surface area (Å²) in [4.78, 5) is 67.9. The lowest BCUT2D eigenvalue weighted by atomic mass is 10.3. The summed E-state index contributed by atoms with van der Waals surface area (Å²) >= 11 is 0. The highest BCUT2D eigenvalue weighted by Crippen LogP contribution is 2.21. The molecule has 0 aromatic heterocycles. The fourth-order valence-electron chi connectivity index (χ4n) is 4.87. The summed E-state index contributed by atoms with van der Waals surface area (Å²) in [6.07, 6.45) is -3.41. The average Bonchev–Trinajstić information content (AvgIpc) is 3.29. The van der Waals surface area contributed by atoms with Crippen LogP contribution in [0.5, 0.6) is 23.0 Å². The van der Waals surface area contributed by atoms with Crippen LogP contribution in [0.25, 0.3) is 0 Å². The number of hydrogen-bond donors (Lipinski definition) is 2. The molecule has 0 saturated carbocycles. The zero-order chi connectivity index (χ0) is 48.4. The molecular formula is C44H52N4O18. The summed E-state index contributed by atoms with van der Waals surface area (Å²) < 4.78 is 52.5. The molecule has 0 aliphatic heterocycles. The number of ether oxygens (including phenoxy) is 10. The molecule has 0 fully saturated rings. The van der Waals surface area contributed by atoms with Crippen molar-refractivity contribution in [2.75, 3.05) is 64.3 Å². The van der Waals surface area contributed by atoms with Crippen molar-refractivity contribution in [1.82, 2.24) is 0 Å². The fraction of sp³-hybridized carbons (Fsp3) is 0.364. The van der Waals surface area contributed by atoms with Crippen LogP contribution in [0.2, 0.25) is 0 Å². The second-order valence-corrected chi connectivity index (χ2v) is 13.6. The Morgan fingerprint density at radius 3 is 0.833 bits per heavy atom. The van der Waals surface area contributed by atoms with Crippen LogP contribution in [0.1, 0.15) is 27.7 Å². The molecule has 0 spiro atoms. The van der Waals surface area contributed by atoms with Gasteiger partial charge in [-0.1, -0.05) is 0 Å². The Bertz CT molecular complexity index is 1990. The maximum Gasteiger partial charge on any atom is 0.347 e. The lowest BCUT2D eigenvalue weighted by Gasteiger charge is -2.15. The number of nitro benzene ring substituents is 2. The normalized spacial score (nSPS) is 12.3. The molecule has 0 bridgehead atoms. The Kier molecular flexibility index (Phi) is 22.4. The lowest BCUT2D eigenvalue weighted by molar-refractivity contribution is -0.385. The van der Waals surface area contributed by atoms with Crippen molar-refractivity contribution in [2.45, 2.75) is 52.1 Å². The molecule has 4 rings (SSSR count). The van der Waals surface area contributed by atoms with Crippen molar-refractivity contribution in [1.29, 1.82) is 0 Å². The van der Waals surface area contributed by atoms with Gasteiger partial charge in [0, 0.05) is 35.6 Å². The number of nitrogens with zero attached hydrogens (tertiary/aromatic N) is 2. The molecule has 0 saturated heterocycles. The first-order valence-electron chi connectivity index (χ1n) is 20.2. The van der Waals surface area contributed by atoms with Gasteiger partial charge in [-0.25, -0.2) is 19.2 Å². The van der Waals surface area contributed by atoms with E-state index < -0.39 is 58.1 Å². The maximum absolute atomic E-state index is 12.0. The third kappa shape index (κ3) is 20.2. The number of carbonyl (C=O) groups excluding carboxylic acids is 4. The SMILES string of the molecule is CC(Oc1ccc(N)cc1)C(=O)OCCOCCOC(=O)C(C)Oc1ccc(N)cc1.CC(Oc1ccc([N+](=O)[O-])cc1)C(=O)OCCOCCOC(=O)C(C)Oc1ccc([N+](=O)[O-])cc1. The van der Waals surface area contributed by atoms with Crippen LogP contribution < -0.4 is 30.4 Å². The van der Waals surface area contributed by atoms with Crippen LogP contribution in [0.15, 0.2) is 97.1 Å². The first-order valence-corrected chi connectivity index (χ1v) is 20.2. The molecule has 22 nitrogen and oxygen atoms in total. The van der Waals surface area contributed by atoms with Gasteiger partial charge < -0.3 is 58.8 Å². The molecule has 22 heteroatoms. The van der Waals surface area contributed by atoms with Gasteiger partial charge in [0.2, 0.25) is 0 Å². The molecule has 66 heavy (non-hydrogen) atoms. The van der Waals surface area contributed by atoms with E-state index in [0.29, 0.717) is 22.9 Å². The monoisotopic (exact) mass is 924 g/mol. The quantitative estimate of drug-likeness (QED) is 0.0208. The van der Waals surface area contributed by atoms with E-state index >= 15 is 0 Å². The van der Waals surface area contributed by atoms with E-state index in [-0.39, 0.29) is 75.7 Å². The zero-order valence-corrected chi connectivity index (χ0v) is 36.6. The number of benzene rings is 4. The number of rotatable bonds is 26. The molecule has 4 unspecified atom stereocenters. The highest BCUT2D eigenvalue weighted by Gasteiger charge is 2.20. The molecule has 0 aliphatic rings. The molecule has 0 heterocycles. The summed E-state index contributed by atoms with van der Waals surface area (Å²) in [6, 6.07) is 24.0. The van der Waals surface area contributed by atoms with E-state index in [9.17, 15) is 39.4 Å². The van der Waals surface area contributed by atoms with Gasteiger partial charge in [-0.15, -0.1) is 0 Å². The highest BCUT2D eigenvalue weighted by molar-refractivity contribution is 5.76. The summed E-state index contributed by atoms with van der Waals surface area (Å²) in [5, 5.41) is 21.3. The Hall–Kier alpha value is -7.72. The average molecular weight is 925 g/mol. The van der Waals surface area contributed by atoms with E-state index in [4.69, 9.17) is 58.8 Å². The molecule has 4 aromatic carbocycles.